The van der Waals surface area contributed by atoms with Gasteiger partial charge in [0.2, 0.25) is 5.91 Å². The van der Waals surface area contributed by atoms with Crippen molar-refractivity contribution < 1.29 is 9.59 Å². The number of urea groups is 1. The Kier molecular flexibility index (Phi) is 5.53. The zero-order chi connectivity index (χ0) is 23.5. The van der Waals surface area contributed by atoms with Crippen molar-refractivity contribution in [3.63, 3.8) is 0 Å². The molecule has 1 aromatic carbocycles. The molecule has 1 saturated carbocycles. The Hall–Kier alpha value is -2.19. The summed E-state index contributed by atoms with van der Waals surface area (Å²) in [5.41, 5.74) is 2.71. The number of nitrogens with zero attached hydrogens (tertiary/aromatic N) is 2. The Bertz CT molecular complexity index is 1080. The maximum absolute atomic E-state index is 13.3. The summed E-state index contributed by atoms with van der Waals surface area (Å²) in [6.45, 7) is 6.23. The van der Waals surface area contributed by atoms with E-state index >= 15 is 0 Å². The van der Waals surface area contributed by atoms with E-state index in [1.54, 1.807) is 17.0 Å². The number of aromatic amines is 1. The lowest BCUT2D eigenvalue weighted by atomic mass is 9.83. The number of aromatic nitrogens is 2. The van der Waals surface area contributed by atoms with Crippen LogP contribution in [0.5, 0.6) is 0 Å². The molecule has 9 heteroatoms. The normalized spacial score (nSPS) is 19.2. The van der Waals surface area contributed by atoms with Crippen molar-refractivity contribution in [1.82, 2.24) is 15.1 Å². The summed E-state index contributed by atoms with van der Waals surface area (Å²) in [5, 5.41) is 14.1. The average molecular weight is 478 g/mol. The van der Waals surface area contributed by atoms with Crippen LogP contribution in [0.3, 0.4) is 0 Å². The molecule has 0 spiro atoms. The Morgan fingerprint density at radius 3 is 2.47 bits per heavy atom. The third kappa shape index (κ3) is 3.57. The predicted molar refractivity (Wildman–Crippen MR) is 133 cm³/mol. The summed E-state index contributed by atoms with van der Waals surface area (Å²) in [5.74, 6) is 0.582. The largest absolute Gasteiger partial charge is 0.322 e. The first-order valence-electron chi connectivity index (χ1n) is 10.8. The first-order valence-corrected chi connectivity index (χ1v) is 14.0. The van der Waals surface area contributed by atoms with Crippen LogP contribution >= 0.6 is 21.6 Å². The number of hydrogen-bond acceptors (Lipinski definition) is 3. The minimum Gasteiger partial charge on any atom is -0.309 e. The zero-order valence-corrected chi connectivity index (χ0v) is 21.1. The number of aryl methyl sites for hydroxylation is 1. The fourth-order valence-corrected chi connectivity index (χ4v) is 6.99. The summed E-state index contributed by atoms with van der Waals surface area (Å²) in [6, 6.07) is 5.20. The topological polar surface area (TPSA) is 90.1 Å². The molecule has 174 valence electrons. The molecule has 0 atom stereocenters. The molecular formula is C23H32ClN5O2S. The van der Waals surface area contributed by atoms with Crippen LogP contribution in [0, 0.1) is 6.92 Å². The second-order valence-corrected chi connectivity index (χ2v) is 15.0. The minimum atomic E-state index is -1.07. The number of fused-ring (bicyclic) bond motifs is 1. The van der Waals surface area contributed by atoms with Gasteiger partial charge in [0.1, 0.15) is 0 Å². The van der Waals surface area contributed by atoms with Gasteiger partial charge in [-0.05, 0) is 76.5 Å². The smallest absolute Gasteiger partial charge is 0.309 e. The third-order valence-electron chi connectivity index (χ3n) is 7.14. The number of anilines is 2. The molecule has 0 radical (unpaired) electrons. The van der Waals surface area contributed by atoms with Crippen molar-refractivity contribution in [3.05, 3.63) is 40.0 Å². The van der Waals surface area contributed by atoms with Gasteiger partial charge in [-0.2, -0.15) is 5.10 Å². The lowest BCUT2D eigenvalue weighted by Gasteiger charge is -2.53. The number of carbonyl (C=O) groups excluding carboxylic acids is 2. The number of rotatable bonds is 4. The molecule has 1 aliphatic heterocycles. The molecule has 7 nitrogen and oxygen atoms in total. The van der Waals surface area contributed by atoms with Crippen molar-refractivity contribution in [3.8, 4) is 0 Å². The molecular weight excluding hydrogens is 446 g/mol. The third-order valence-corrected chi connectivity index (χ3v) is 10.3. The molecule has 2 aliphatic rings. The predicted octanol–water partition coefficient (Wildman–Crippen LogP) is 5.21. The summed E-state index contributed by atoms with van der Waals surface area (Å²) in [7, 11) is -1.07. The fraction of sp³-hybridized carbons (Fsp3) is 0.522. The maximum atomic E-state index is 13.3. The Morgan fingerprint density at radius 1 is 1.19 bits per heavy atom. The molecule has 1 aliphatic carbocycles. The number of halogens is 1. The van der Waals surface area contributed by atoms with E-state index in [4.69, 9.17) is 11.6 Å². The lowest BCUT2D eigenvalue weighted by Crippen LogP contribution is -2.51. The van der Waals surface area contributed by atoms with Crippen LogP contribution in [0.2, 0.25) is 5.02 Å². The highest BCUT2D eigenvalue weighted by Crippen LogP contribution is 2.60. The van der Waals surface area contributed by atoms with Gasteiger partial charge in [-0.15, -0.1) is 0 Å². The highest BCUT2D eigenvalue weighted by molar-refractivity contribution is 8.33. The first-order chi connectivity index (χ1) is 14.9. The molecule has 3 amide bonds. The second kappa shape index (κ2) is 7.70. The fourth-order valence-electron chi connectivity index (χ4n) is 4.69. The Balaban J connectivity index is 1.55. The van der Waals surface area contributed by atoms with E-state index in [-0.39, 0.29) is 16.7 Å². The molecule has 0 bridgehead atoms. The van der Waals surface area contributed by atoms with Crippen molar-refractivity contribution in [1.29, 1.82) is 0 Å². The van der Waals surface area contributed by atoms with Crippen LogP contribution in [-0.4, -0.2) is 50.5 Å². The molecule has 1 aromatic heterocycles. The highest BCUT2D eigenvalue weighted by Gasteiger charge is 2.51. The molecule has 32 heavy (non-hydrogen) atoms. The molecule has 2 aromatic rings. The van der Waals surface area contributed by atoms with Gasteiger partial charge in [0.25, 0.3) is 0 Å². The van der Waals surface area contributed by atoms with Crippen LogP contribution < -0.4 is 10.6 Å². The number of benzene rings is 1. The van der Waals surface area contributed by atoms with Crippen LogP contribution in [0.15, 0.2) is 18.2 Å². The SMILES string of the molecule is Cc1ccc(Cl)cc1NC(=O)N1Cc2c(NC(=O)C3(S(C)(C)C)CCC3)n[nH]c2C1(C)C. The van der Waals surface area contributed by atoms with Gasteiger partial charge in [-0.1, -0.05) is 17.7 Å². The van der Waals surface area contributed by atoms with E-state index in [0.29, 0.717) is 23.1 Å². The number of hydrogen-bond donors (Lipinski definition) is 3. The van der Waals surface area contributed by atoms with Gasteiger partial charge < -0.3 is 15.5 Å². The van der Waals surface area contributed by atoms with E-state index in [1.165, 1.54) is 0 Å². The molecule has 3 N–H and O–H groups in total. The number of H-pyrrole nitrogens is 1. The van der Waals surface area contributed by atoms with E-state index < -0.39 is 15.6 Å². The van der Waals surface area contributed by atoms with E-state index in [0.717, 1.165) is 36.1 Å². The second-order valence-electron chi connectivity index (χ2n) is 10.1. The van der Waals surface area contributed by atoms with Crippen molar-refractivity contribution in [2.75, 3.05) is 29.4 Å². The molecule has 2 heterocycles. The van der Waals surface area contributed by atoms with Gasteiger partial charge in [0, 0.05) is 16.3 Å². The standard InChI is InChI=1S/C23H32ClN5O2S/c1-14-8-9-15(24)12-17(14)25-21(31)29-13-16-18(22(29,2)3)27-28-19(16)26-20(30)23(10-7-11-23)32(4,5)6/h8-9,12H,7,10-11,13H2,1-6H3,(H,25,31)(H2,26,27,28,30). The maximum Gasteiger partial charge on any atom is 0.322 e. The summed E-state index contributed by atoms with van der Waals surface area (Å²) in [6.07, 6.45) is 9.53. The van der Waals surface area contributed by atoms with Crippen LogP contribution in [0.25, 0.3) is 0 Å². The number of carbonyl (C=O) groups is 2. The summed E-state index contributed by atoms with van der Waals surface area (Å²) >= 11 is 6.11. The zero-order valence-electron chi connectivity index (χ0n) is 19.6. The van der Waals surface area contributed by atoms with Crippen molar-refractivity contribution >= 4 is 45.1 Å². The van der Waals surface area contributed by atoms with E-state index in [1.807, 2.05) is 26.8 Å². The number of amides is 3. The van der Waals surface area contributed by atoms with Gasteiger partial charge in [-0.3, -0.25) is 9.89 Å². The quantitative estimate of drug-likeness (QED) is 0.564. The number of nitrogens with one attached hydrogen (secondary N) is 3. The van der Waals surface area contributed by atoms with E-state index in [2.05, 4.69) is 39.6 Å². The highest BCUT2D eigenvalue weighted by atomic mass is 35.5. The van der Waals surface area contributed by atoms with Gasteiger partial charge in [-0.25, -0.2) is 14.8 Å². The van der Waals surface area contributed by atoms with Gasteiger partial charge >= 0.3 is 6.03 Å². The summed E-state index contributed by atoms with van der Waals surface area (Å²) in [4.78, 5) is 28.2. The minimum absolute atomic E-state index is 0.0517. The summed E-state index contributed by atoms with van der Waals surface area (Å²) < 4.78 is -0.297. The van der Waals surface area contributed by atoms with E-state index in [9.17, 15) is 9.59 Å². The monoisotopic (exact) mass is 477 g/mol. The molecule has 4 rings (SSSR count). The molecule has 0 saturated heterocycles. The Morgan fingerprint density at radius 2 is 1.88 bits per heavy atom. The van der Waals surface area contributed by atoms with Crippen LogP contribution in [0.4, 0.5) is 16.3 Å². The molecule has 1 fully saturated rings. The Labute approximate surface area is 196 Å². The average Bonchev–Trinajstić information content (AvgIpc) is 3.14. The van der Waals surface area contributed by atoms with Crippen LogP contribution in [0.1, 0.15) is 49.9 Å². The first kappa shape index (κ1) is 23.0. The lowest BCUT2D eigenvalue weighted by molar-refractivity contribution is -0.120. The van der Waals surface area contributed by atoms with Crippen molar-refractivity contribution in [2.45, 2.75) is 56.9 Å². The van der Waals surface area contributed by atoms with Gasteiger partial charge in [0.05, 0.1) is 22.5 Å². The molecule has 0 unspecified atom stereocenters. The van der Waals surface area contributed by atoms with Crippen LogP contribution in [-0.2, 0) is 16.9 Å². The van der Waals surface area contributed by atoms with Gasteiger partial charge in [0.15, 0.2) is 5.82 Å². The van der Waals surface area contributed by atoms with Crippen molar-refractivity contribution in [2.24, 2.45) is 0 Å².